The van der Waals surface area contributed by atoms with Crippen LogP contribution in [0.3, 0.4) is 0 Å². The van der Waals surface area contributed by atoms with E-state index in [0.29, 0.717) is 11.1 Å². The molecule has 41 heavy (non-hydrogen) atoms. The molecule has 3 aliphatic carbocycles. The van der Waals surface area contributed by atoms with Gasteiger partial charge in [0.1, 0.15) is 5.75 Å². The molecule has 0 heterocycles. The average Bonchev–Trinajstić information content (AvgIpc) is 2.84. The van der Waals surface area contributed by atoms with Crippen LogP contribution in [0.25, 0.3) is 0 Å². The molecule has 4 rings (SSSR count). The number of aromatic hydroxyl groups is 1. The fourth-order valence-corrected chi connectivity index (χ4v) is 7.41. The lowest BCUT2D eigenvalue weighted by Crippen LogP contribution is -2.79. The number of primary amides is 1. The molecule has 0 aromatic heterocycles. The molecule has 1 aromatic rings. The van der Waals surface area contributed by atoms with Crippen molar-refractivity contribution in [1.82, 2.24) is 10.2 Å². The number of hydrogen-bond acceptors (Lipinski definition) is 10. The summed E-state index contributed by atoms with van der Waals surface area (Å²) in [6, 6.07) is 1.59. The van der Waals surface area contributed by atoms with E-state index in [-0.39, 0.29) is 37.5 Å². The SMILES string of the molecule is CC(C)COC(=O)NCc1ccc(O)c2c1C[C@@]1(C)C[C@@]3(C)[C@H](N(C)C)C(=O)C(C(N)=O)C(=O)[C@@]3(O)C(=O)C1C2=O. The van der Waals surface area contributed by atoms with Crippen molar-refractivity contribution in [3.63, 3.8) is 0 Å². The van der Waals surface area contributed by atoms with Crippen molar-refractivity contribution in [1.29, 1.82) is 0 Å². The number of likely N-dealkylation sites (N-methyl/N-ethyl adjacent to an activating group) is 1. The van der Waals surface area contributed by atoms with Gasteiger partial charge >= 0.3 is 6.09 Å². The minimum Gasteiger partial charge on any atom is -0.507 e. The Hall–Kier alpha value is -3.64. The molecule has 0 aliphatic heterocycles. The van der Waals surface area contributed by atoms with Crippen LogP contribution >= 0.6 is 0 Å². The number of carbonyl (C=O) groups excluding carboxylic acids is 6. The van der Waals surface area contributed by atoms with Crippen LogP contribution < -0.4 is 11.1 Å². The summed E-state index contributed by atoms with van der Waals surface area (Å²) in [5.41, 5.74) is 0.395. The second-order valence-electron chi connectivity index (χ2n) is 12.7. The highest BCUT2D eigenvalue weighted by molar-refractivity contribution is 6.33. The van der Waals surface area contributed by atoms with Crippen LogP contribution in [0, 0.1) is 28.6 Å². The Bertz CT molecular complexity index is 1370. The number of carbonyl (C=O) groups is 6. The standard InChI is InChI=1S/C29H37N3O9/c1-13(2)11-41-26(39)31-10-14-7-8-16(33)17-15(14)9-27(3)12-28(4)22(32(5)6)21(35)18(25(30)38)23(36)29(28,40)24(37)19(27)20(17)34/h7-8,13,18-19,22,33,40H,9-12H2,1-6H3,(H2,30,38)(H,31,39)/t18?,19?,22-,27+,28+,29-/m1/s1. The quantitative estimate of drug-likeness (QED) is 0.350. The van der Waals surface area contributed by atoms with E-state index in [0.717, 1.165) is 0 Å². The fourth-order valence-electron chi connectivity index (χ4n) is 7.41. The fraction of sp³-hybridized carbons (Fsp3) is 0.586. The van der Waals surface area contributed by atoms with Gasteiger partial charge in [-0.05, 0) is 55.5 Å². The third-order valence-corrected chi connectivity index (χ3v) is 8.94. The Morgan fingerprint density at radius 1 is 1.15 bits per heavy atom. The second kappa shape index (κ2) is 10.0. The minimum absolute atomic E-state index is 0.0275. The highest BCUT2D eigenvalue weighted by atomic mass is 16.5. The third kappa shape index (κ3) is 4.35. The number of Topliss-reactive ketones (excluding diaryl/α,β-unsaturated/α-hetero) is 4. The monoisotopic (exact) mass is 571 g/mol. The van der Waals surface area contributed by atoms with E-state index < -0.39 is 75.2 Å². The maximum absolute atomic E-state index is 14.2. The van der Waals surface area contributed by atoms with Gasteiger partial charge in [0.25, 0.3) is 0 Å². The number of rotatable bonds is 6. The topological polar surface area (TPSA) is 193 Å². The van der Waals surface area contributed by atoms with Gasteiger partial charge in [-0.1, -0.05) is 33.8 Å². The summed E-state index contributed by atoms with van der Waals surface area (Å²) in [6.07, 6.45) is -0.720. The number of fused-ring (bicyclic) bond motifs is 3. The number of amides is 2. The van der Waals surface area contributed by atoms with Gasteiger partial charge in [0.2, 0.25) is 5.91 Å². The summed E-state index contributed by atoms with van der Waals surface area (Å²) in [6.45, 7) is 7.08. The third-order valence-electron chi connectivity index (χ3n) is 8.94. The minimum atomic E-state index is -2.86. The molecule has 2 unspecified atom stereocenters. The lowest BCUT2D eigenvalue weighted by molar-refractivity contribution is -0.203. The number of nitrogens with one attached hydrogen (secondary N) is 1. The molecule has 12 heteroatoms. The summed E-state index contributed by atoms with van der Waals surface area (Å²) in [5, 5.41) is 25.3. The normalized spacial score (nSPS) is 32.9. The molecule has 0 radical (unpaired) electrons. The Morgan fingerprint density at radius 3 is 2.34 bits per heavy atom. The van der Waals surface area contributed by atoms with Crippen molar-refractivity contribution >= 4 is 35.1 Å². The first-order valence-electron chi connectivity index (χ1n) is 13.5. The van der Waals surface area contributed by atoms with Crippen LogP contribution in [0.15, 0.2) is 12.1 Å². The molecule has 2 saturated carbocycles. The second-order valence-corrected chi connectivity index (χ2v) is 12.7. The molecular weight excluding hydrogens is 534 g/mol. The van der Waals surface area contributed by atoms with Crippen LogP contribution in [-0.4, -0.2) is 82.6 Å². The predicted molar refractivity (Wildman–Crippen MR) is 144 cm³/mol. The lowest BCUT2D eigenvalue weighted by atomic mass is 9.42. The van der Waals surface area contributed by atoms with E-state index in [1.54, 1.807) is 13.0 Å². The van der Waals surface area contributed by atoms with E-state index in [1.807, 2.05) is 13.8 Å². The zero-order chi connectivity index (χ0) is 30.8. The van der Waals surface area contributed by atoms with Gasteiger partial charge in [-0.2, -0.15) is 0 Å². The van der Waals surface area contributed by atoms with E-state index >= 15 is 0 Å². The van der Waals surface area contributed by atoms with Crippen molar-refractivity contribution in [2.45, 2.75) is 58.7 Å². The van der Waals surface area contributed by atoms with Crippen molar-refractivity contribution in [3.8, 4) is 5.75 Å². The van der Waals surface area contributed by atoms with Crippen LogP contribution in [0.1, 0.15) is 55.6 Å². The first kappa shape index (κ1) is 30.3. The van der Waals surface area contributed by atoms with Crippen LogP contribution in [-0.2, 0) is 36.9 Å². The first-order valence-corrected chi connectivity index (χ1v) is 13.5. The van der Waals surface area contributed by atoms with Gasteiger partial charge in [-0.15, -0.1) is 0 Å². The molecule has 0 bridgehead atoms. The van der Waals surface area contributed by atoms with Crippen molar-refractivity contribution in [2.75, 3.05) is 20.7 Å². The Balaban J connectivity index is 1.82. The number of ether oxygens (including phenoxy) is 1. The van der Waals surface area contributed by atoms with Crippen LogP contribution in [0.5, 0.6) is 5.75 Å². The highest BCUT2D eigenvalue weighted by Crippen LogP contribution is 2.61. The number of aliphatic hydroxyl groups is 1. The molecule has 0 spiro atoms. The van der Waals surface area contributed by atoms with Crippen molar-refractivity contribution < 1.29 is 43.7 Å². The Morgan fingerprint density at radius 2 is 1.78 bits per heavy atom. The number of hydrogen-bond donors (Lipinski definition) is 4. The summed E-state index contributed by atoms with van der Waals surface area (Å²) in [4.78, 5) is 81.1. The number of phenolic OH excluding ortho intramolecular Hbond substituents is 1. The van der Waals surface area contributed by atoms with E-state index in [2.05, 4.69) is 5.32 Å². The Kier molecular flexibility index (Phi) is 7.41. The smallest absolute Gasteiger partial charge is 0.407 e. The molecule has 222 valence electrons. The molecule has 2 fully saturated rings. The van der Waals surface area contributed by atoms with Crippen LogP contribution in [0.4, 0.5) is 4.79 Å². The summed E-state index contributed by atoms with van der Waals surface area (Å²) < 4.78 is 5.16. The summed E-state index contributed by atoms with van der Waals surface area (Å²) >= 11 is 0. The molecule has 5 N–H and O–H groups in total. The number of phenols is 1. The number of benzene rings is 1. The number of alkyl carbamates (subject to hydrolysis) is 1. The zero-order valence-electron chi connectivity index (χ0n) is 24.1. The lowest BCUT2D eigenvalue weighted by Gasteiger charge is -2.61. The maximum Gasteiger partial charge on any atom is 0.407 e. The van der Waals surface area contributed by atoms with E-state index in [9.17, 15) is 39.0 Å². The number of nitrogens with zero attached hydrogens (tertiary/aromatic N) is 1. The van der Waals surface area contributed by atoms with Gasteiger partial charge in [0, 0.05) is 12.0 Å². The summed E-state index contributed by atoms with van der Waals surface area (Å²) in [7, 11) is 3.06. The molecule has 12 nitrogen and oxygen atoms in total. The van der Waals surface area contributed by atoms with Gasteiger partial charge in [-0.25, -0.2) is 4.79 Å². The maximum atomic E-state index is 14.2. The van der Waals surface area contributed by atoms with Gasteiger partial charge in [-0.3, -0.25) is 28.9 Å². The summed E-state index contributed by atoms with van der Waals surface area (Å²) in [5.74, 6) is -9.22. The van der Waals surface area contributed by atoms with Crippen molar-refractivity contribution in [3.05, 3.63) is 28.8 Å². The van der Waals surface area contributed by atoms with Crippen LogP contribution in [0.2, 0.25) is 0 Å². The number of nitrogens with two attached hydrogens (primary N) is 1. The largest absolute Gasteiger partial charge is 0.507 e. The van der Waals surface area contributed by atoms with Crippen molar-refractivity contribution in [2.24, 2.45) is 34.3 Å². The van der Waals surface area contributed by atoms with Gasteiger partial charge in [0.05, 0.1) is 24.1 Å². The van der Waals surface area contributed by atoms with Gasteiger partial charge in [0.15, 0.2) is 34.7 Å². The van der Waals surface area contributed by atoms with Gasteiger partial charge < -0.3 is 26.0 Å². The highest BCUT2D eigenvalue weighted by Gasteiger charge is 2.76. The van der Waals surface area contributed by atoms with E-state index in [4.69, 9.17) is 10.5 Å². The first-order chi connectivity index (χ1) is 18.9. The molecule has 0 saturated heterocycles. The molecule has 3 aliphatic rings. The molecular formula is C29H37N3O9. The van der Waals surface area contributed by atoms with E-state index in [1.165, 1.54) is 32.0 Å². The molecule has 1 aromatic carbocycles. The number of ketones is 4. The molecule has 6 atom stereocenters. The molecule has 2 amide bonds. The zero-order valence-corrected chi connectivity index (χ0v) is 24.1. The predicted octanol–water partition coefficient (Wildman–Crippen LogP) is 0.529. The average molecular weight is 572 g/mol. The Labute approximate surface area is 237 Å².